The molecule has 29 heavy (non-hydrogen) atoms. The minimum atomic E-state index is -0.641. The maximum absolute atomic E-state index is 13.2. The van der Waals surface area contributed by atoms with Gasteiger partial charge < -0.3 is 9.15 Å². The number of aromatic nitrogens is 1. The first-order valence-electron chi connectivity index (χ1n) is 8.69. The van der Waals surface area contributed by atoms with Crippen LogP contribution in [0.25, 0.3) is 33.9 Å². The molecule has 0 atom stereocenters. The highest BCUT2D eigenvalue weighted by atomic mass is 35.5. The molecular weight excluding hydrogens is 413 g/mol. The Balaban J connectivity index is 1.97. The molecule has 0 saturated carbocycles. The van der Waals surface area contributed by atoms with Crippen molar-refractivity contribution < 1.29 is 13.9 Å². The third-order valence-corrected chi connectivity index (χ3v) is 5.39. The SMILES string of the molecule is Cc1nc2c(c3c1c(=O)oc1cccc(Cl)c13)C(=O)Oc1ccc(Cl)cc1/C=C\2. The van der Waals surface area contributed by atoms with Crippen LogP contribution in [-0.4, -0.2) is 11.0 Å². The minimum absolute atomic E-state index is 0.161. The number of nitrogens with zero attached hydrogens (tertiary/aromatic N) is 1. The van der Waals surface area contributed by atoms with Crippen molar-refractivity contribution in [2.75, 3.05) is 0 Å². The van der Waals surface area contributed by atoms with Gasteiger partial charge in [-0.15, -0.1) is 0 Å². The van der Waals surface area contributed by atoms with Crippen LogP contribution in [0.4, 0.5) is 0 Å². The second-order valence-corrected chi connectivity index (χ2v) is 7.46. The number of ether oxygens (including phenoxy) is 1. The lowest BCUT2D eigenvalue weighted by Gasteiger charge is -2.16. The zero-order valence-electron chi connectivity index (χ0n) is 15.0. The number of aryl methyl sites for hydroxylation is 1. The van der Waals surface area contributed by atoms with Crippen LogP contribution < -0.4 is 10.4 Å². The molecule has 1 aliphatic heterocycles. The van der Waals surface area contributed by atoms with Crippen molar-refractivity contribution in [2.45, 2.75) is 6.92 Å². The molecule has 0 N–H and O–H groups in total. The van der Waals surface area contributed by atoms with Gasteiger partial charge in [0.1, 0.15) is 11.3 Å². The Kier molecular flexibility index (Phi) is 3.98. The Morgan fingerprint density at radius 2 is 1.79 bits per heavy atom. The molecule has 4 aromatic rings. The zero-order chi connectivity index (χ0) is 20.3. The first-order valence-corrected chi connectivity index (χ1v) is 9.45. The Hall–Kier alpha value is -3.15. The molecule has 142 valence electrons. The van der Waals surface area contributed by atoms with Crippen molar-refractivity contribution in [3.63, 3.8) is 0 Å². The van der Waals surface area contributed by atoms with E-state index in [9.17, 15) is 9.59 Å². The predicted molar refractivity (Wildman–Crippen MR) is 113 cm³/mol. The van der Waals surface area contributed by atoms with Gasteiger partial charge in [0, 0.05) is 21.4 Å². The molecule has 5 rings (SSSR count). The monoisotopic (exact) mass is 423 g/mol. The summed E-state index contributed by atoms with van der Waals surface area (Å²) in [4.78, 5) is 30.3. The standard InChI is InChI=1S/C22H11Cl2NO4/c1-10-17-20(18-13(24)3-2-4-16(18)29-21(17)26)19-14(25-10)7-5-11-9-12(23)6-8-15(11)28-22(19)27/h2-9H,1H3/b7-5-. The Morgan fingerprint density at radius 1 is 0.966 bits per heavy atom. The van der Waals surface area contributed by atoms with Gasteiger partial charge in [-0.25, -0.2) is 9.59 Å². The molecule has 0 fully saturated rings. The zero-order valence-corrected chi connectivity index (χ0v) is 16.5. The number of carbonyl (C=O) groups excluding carboxylic acids is 1. The van der Waals surface area contributed by atoms with E-state index in [1.54, 1.807) is 55.5 Å². The number of hydrogen-bond acceptors (Lipinski definition) is 5. The van der Waals surface area contributed by atoms with Crippen LogP contribution in [0, 0.1) is 6.92 Å². The highest BCUT2D eigenvalue weighted by molar-refractivity contribution is 6.38. The fourth-order valence-corrected chi connectivity index (χ4v) is 4.04. The van der Waals surface area contributed by atoms with E-state index < -0.39 is 11.6 Å². The molecule has 0 aliphatic carbocycles. The van der Waals surface area contributed by atoms with Crippen LogP contribution in [0.1, 0.15) is 27.3 Å². The first kappa shape index (κ1) is 17.9. The number of fused-ring (bicyclic) bond motifs is 6. The van der Waals surface area contributed by atoms with Crippen molar-refractivity contribution in [1.29, 1.82) is 0 Å². The van der Waals surface area contributed by atoms with Gasteiger partial charge in [0.15, 0.2) is 0 Å². The van der Waals surface area contributed by atoms with E-state index in [-0.39, 0.29) is 16.5 Å². The van der Waals surface area contributed by atoms with Gasteiger partial charge in [-0.05, 0) is 49.4 Å². The number of halogens is 2. The second-order valence-electron chi connectivity index (χ2n) is 6.61. The fraction of sp³-hybridized carbons (Fsp3) is 0.0455. The average molecular weight is 424 g/mol. The van der Waals surface area contributed by atoms with Gasteiger partial charge in [0.2, 0.25) is 0 Å². The van der Waals surface area contributed by atoms with Gasteiger partial charge in [0.25, 0.3) is 0 Å². The van der Waals surface area contributed by atoms with Crippen molar-refractivity contribution in [1.82, 2.24) is 4.98 Å². The Morgan fingerprint density at radius 3 is 2.62 bits per heavy atom. The number of carbonyl (C=O) groups is 1. The minimum Gasteiger partial charge on any atom is -0.422 e. The van der Waals surface area contributed by atoms with Crippen molar-refractivity contribution >= 4 is 63.1 Å². The highest BCUT2D eigenvalue weighted by Crippen LogP contribution is 2.36. The third kappa shape index (κ3) is 2.74. The number of hydrogen-bond donors (Lipinski definition) is 0. The van der Waals surface area contributed by atoms with Crippen LogP contribution in [-0.2, 0) is 0 Å². The van der Waals surface area contributed by atoms with Crippen LogP contribution in [0.3, 0.4) is 0 Å². The van der Waals surface area contributed by atoms with E-state index in [0.717, 1.165) is 0 Å². The van der Waals surface area contributed by atoms with E-state index in [2.05, 4.69) is 4.98 Å². The molecule has 1 aliphatic rings. The quantitative estimate of drug-likeness (QED) is 0.158. The van der Waals surface area contributed by atoms with E-state index >= 15 is 0 Å². The number of pyridine rings is 1. The number of esters is 1. The lowest BCUT2D eigenvalue weighted by molar-refractivity contribution is 0.0735. The van der Waals surface area contributed by atoms with Crippen LogP contribution >= 0.6 is 23.2 Å². The van der Waals surface area contributed by atoms with E-state index in [1.807, 2.05) is 0 Å². The van der Waals surface area contributed by atoms with Gasteiger partial charge in [-0.1, -0.05) is 29.3 Å². The fourth-order valence-electron chi connectivity index (χ4n) is 3.60. The van der Waals surface area contributed by atoms with Crippen LogP contribution in [0.5, 0.6) is 5.75 Å². The lowest BCUT2D eigenvalue weighted by Crippen LogP contribution is -2.17. The molecule has 0 spiro atoms. The molecule has 5 nitrogen and oxygen atoms in total. The van der Waals surface area contributed by atoms with E-state index in [0.29, 0.717) is 43.5 Å². The molecule has 0 radical (unpaired) electrons. The highest BCUT2D eigenvalue weighted by Gasteiger charge is 2.26. The van der Waals surface area contributed by atoms with Crippen molar-refractivity contribution in [2.24, 2.45) is 0 Å². The summed E-state index contributed by atoms with van der Waals surface area (Å²) < 4.78 is 11.1. The summed E-state index contributed by atoms with van der Waals surface area (Å²) in [6.07, 6.45) is 3.47. The summed E-state index contributed by atoms with van der Waals surface area (Å²) in [5, 5.41) is 1.91. The smallest absolute Gasteiger partial charge is 0.346 e. The maximum Gasteiger partial charge on any atom is 0.346 e. The maximum atomic E-state index is 13.2. The van der Waals surface area contributed by atoms with Gasteiger partial charge in [-0.3, -0.25) is 4.98 Å². The largest absolute Gasteiger partial charge is 0.422 e. The summed E-state index contributed by atoms with van der Waals surface area (Å²) in [5.41, 5.74) is 1.30. The van der Waals surface area contributed by atoms with Crippen molar-refractivity contribution in [3.05, 3.63) is 79.4 Å². The lowest BCUT2D eigenvalue weighted by atomic mass is 9.98. The summed E-state index contributed by atoms with van der Waals surface area (Å²) >= 11 is 12.5. The third-order valence-electron chi connectivity index (χ3n) is 4.84. The summed E-state index contributed by atoms with van der Waals surface area (Å²) in [6.45, 7) is 1.69. The second kappa shape index (κ2) is 6.44. The van der Waals surface area contributed by atoms with Crippen molar-refractivity contribution in [3.8, 4) is 5.75 Å². The van der Waals surface area contributed by atoms with Crippen LogP contribution in [0.15, 0.2) is 45.6 Å². The van der Waals surface area contributed by atoms with Gasteiger partial charge in [-0.2, -0.15) is 0 Å². The number of benzene rings is 2. The molecule has 0 amide bonds. The molecule has 0 unspecified atom stereocenters. The summed E-state index contributed by atoms with van der Waals surface area (Å²) in [6, 6.07) is 9.93. The van der Waals surface area contributed by atoms with E-state index in [4.69, 9.17) is 32.4 Å². The molecule has 3 heterocycles. The van der Waals surface area contributed by atoms with Gasteiger partial charge in [0.05, 0.1) is 27.4 Å². The predicted octanol–water partition coefficient (Wildman–Crippen LogP) is 5.66. The Labute approximate surface area is 174 Å². The summed E-state index contributed by atoms with van der Waals surface area (Å²) in [7, 11) is 0. The molecular formula is C22H11Cl2NO4. The normalized spacial score (nSPS) is 14.1. The van der Waals surface area contributed by atoms with Gasteiger partial charge >= 0.3 is 11.6 Å². The van der Waals surface area contributed by atoms with E-state index in [1.165, 1.54) is 0 Å². The molecule has 0 saturated heterocycles. The Bertz CT molecular complexity index is 1450. The molecule has 2 aromatic heterocycles. The first-order chi connectivity index (χ1) is 13.9. The topological polar surface area (TPSA) is 69.4 Å². The average Bonchev–Trinajstić information content (AvgIpc) is 2.66. The summed E-state index contributed by atoms with van der Waals surface area (Å²) in [5.74, 6) is -0.286. The number of rotatable bonds is 0. The molecule has 2 aromatic carbocycles. The van der Waals surface area contributed by atoms with Crippen LogP contribution in [0.2, 0.25) is 10.0 Å². The molecule has 7 heteroatoms. The molecule has 0 bridgehead atoms.